The van der Waals surface area contributed by atoms with Crippen LogP contribution < -0.4 is 10.6 Å². The van der Waals surface area contributed by atoms with E-state index >= 15 is 0 Å². The Hall–Kier alpha value is -2.01. The summed E-state index contributed by atoms with van der Waals surface area (Å²) in [5.74, 6) is 0. The number of halogens is 1. The number of para-hydroxylation sites is 1. The van der Waals surface area contributed by atoms with E-state index in [1.165, 1.54) is 30.5 Å². The first kappa shape index (κ1) is 14.9. The minimum Gasteiger partial charge on any atom is -0.332 e. The highest BCUT2D eigenvalue weighted by atomic mass is 35.5. The van der Waals surface area contributed by atoms with Crippen molar-refractivity contribution in [2.24, 2.45) is 0 Å². The van der Waals surface area contributed by atoms with Crippen LogP contribution in [-0.4, -0.2) is 16.2 Å². The average molecular weight is 319 g/mol. The van der Waals surface area contributed by atoms with Crippen LogP contribution in [0.4, 0.5) is 10.5 Å². The molecular weight excluding hydrogens is 300 g/mol. The van der Waals surface area contributed by atoms with Gasteiger partial charge in [0, 0.05) is 5.69 Å². The molecule has 3 N–H and O–H groups in total. The Morgan fingerprint density at radius 1 is 1.23 bits per heavy atom. The van der Waals surface area contributed by atoms with Gasteiger partial charge in [0.1, 0.15) is 0 Å². The van der Waals surface area contributed by atoms with E-state index in [1.807, 2.05) is 12.1 Å². The lowest BCUT2D eigenvalue weighted by Crippen LogP contribution is -2.28. The molecule has 0 spiro atoms. The van der Waals surface area contributed by atoms with Crippen molar-refractivity contribution in [1.82, 2.24) is 15.5 Å². The molecule has 0 fully saturated rings. The summed E-state index contributed by atoms with van der Waals surface area (Å²) in [6, 6.07) is 6.88. The van der Waals surface area contributed by atoms with Crippen molar-refractivity contribution in [2.45, 2.75) is 38.6 Å². The standard InChI is InChI=1S/C16H19ClN4O/c17-12-7-4-5-9-14(12)19-16(22)18-10-15-11-6-2-1-3-8-13(11)20-21-15/h4-5,7,9H,1-3,6,8,10H2,(H,20,21)(H2,18,19,22). The molecule has 2 amide bonds. The minimum atomic E-state index is -0.279. The third-order valence-corrected chi connectivity index (χ3v) is 4.26. The van der Waals surface area contributed by atoms with Gasteiger partial charge in [0.05, 0.1) is 22.9 Å². The summed E-state index contributed by atoms with van der Waals surface area (Å²) in [5, 5.41) is 13.6. The number of hydrogen-bond donors (Lipinski definition) is 3. The van der Waals surface area contributed by atoms with Gasteiger partial charge in [0.2, 0.25) is 0 Å². The number of fused-ring (bicyclic) bond motifs is 1. The summed E-state index contributed by atoms with van der Waals surface area (Å²) < 4.78 is 0. The van der Waals surface area contributed by atoms with Gasteiger partial charge in [0.25, 0.3) is 0 Å². The lowest BCUT2D eigenvalue weighted by molar-refractivity contribution is 0.251. The Labute approximate surface area is 134 Å². The number of rotatable bonds is 3. The maximum atomic E-state index is 12.0. The lowest BCUT2D eigenvalue weighted by Gasteiger charge is -2.08. The fourth-order valence-corrected chi connectivity index (χ4v) is 2.95. The molecule has 0 saturated heterocycles. The number of amides is 2. The number of aromatic nitrogens is 2. The molecule has 2 aromatic rings. The van der Waals surface area contributed by atoms with E-state index < -0.39 is 0 Å². The molecule has 1 heterocycles. The summed E-state index contributed by atoms with van der Waals surface area (Å²) in [4.78, 5) is 12.0. The quantitative estimate of drug-likeness (QED) is 0.756. The second-order valence-electron chi connectivity index (χ2n) is 5.48. The highest BCUT2D eigenvalue weighted by molar-refractivity contribution is 6.33. The Kier molecular flexibility index (Phi) is 4.63. The molecule has 0 saturated carbocycles. The molecule has 22 heavy (non-hydrogen) atoms. The van der Waals surface area contributed by atoms with Crippen molar-refractivity contribution in [2.75, 3.05) is 5.32 Å². The van der Waals surface area contributed by atoms with Crippen molar-refractivity contribution >= 4 is 23.3 Å². The van der Waals surface area contributed by atoms with Crippen LogP contribution in [0.1, 0.15) is 36.2 Å². The minimum absolute atomic E-state index is 0.279. The normalized spacial score (nSPS) is 14.0. The van der Waals surface area contributed by atoms with Gasteiger partial charge in [-0.1, -0.05) is 30.2 Å². The van der Waals surface area contributed by atoms with Gasteiger partial charge in [-0.25, -0.2) is 4.79 Å². The SMILES string of the molecule is O=C(NCc1n[nH]c2c1CCCCC2)Nc1ccccc1Cl. The molecule has 5 nitrogen and oxygen atoms in total. The zero-order valence-corrected chi connectivity index (χ0v) is 13.0. The summed E-state index contributed by atoms with van der Waals surface area (Å²) in [6.07, 6.45) is 5.73. The Morgan fingerprint density at radius 2 is 2.05 bits per heavy atom. The van der Waals surface area contributed by atoms with Crippen molar-refractivity contribution in [3.63, 3.8) is 0 Å². The fraction of sp³-hybridized carbons (Fsp3) is 0.375. The maximum Gasteiger partial charge on any atom is 0.319 e. The molecule has 1 aromatic carbocycles. The van der Waals surface area contributed by atoms with Gasteiger partial charge in [0.15, 0.2) is 0 Å². The van der Waals surface area contributed by atoms with E-state index in [-0.39, 0.29) is 6.03 Å². The van der Waals surface area contributed by atoms with E-state index in [4.69, 9.17) is 11.6 Å². The smallest absolute Gasteiger partial charge is 0.319 e. The van der Waals surface area contributed by atoms with Gasteiger partial charge in [-0.15, -0.1) is 0 Å². The predicted molar refractivity (Wildman–Crippen MR) is 87.2 cm³/mol. The van der Waals surface area contributed by atoms with Crippen molar-refractivity contribution in [3.8, 4) is 0 Å². The topological polar surface area (TPSA) is 69.8 Å². The maximum absolute atomic E-state index is 12.0. The molecule has 0 unspecified atom stereocenters. The van der Waals surface area contributed by atoms with E-state index in [0.29, 0.717) is 17.3 Å². The van der Waals surface area contributed by atoms with Crippen LogP contribution in [0, 0.1) is 0 Å². The first-order valence-electron chi connectivity index (χ1n) is 7.58. The van der Waals surface area contributed by atoms with Crippen LogP contribution in [0.5, 0.6) is 0 Å². The third kappa shape index (κ3) is 3.42. The Bertz CT molecular complexity index is 668. The second-order valence-corrected chi connectivity index (χ2v) is 5.88. The summed E-state index contributed by atoms with van der Waals surface area (Å²) in [6.45, 7) is 0.419. The van der Waals surface area contributed by atoms with Crippen LogP contribution in [0.15, 0.2) is 24.3 Å². The average Bonchev–Trinajstić information content (AvgIpc) is 2.75. The molecular formula is C16H19ClN4O. The molecule has 116 valence electrons. The molecule has 1 aliphatic carbocycles. The zero-order valence-electron chi connectivity index (χ0n) is 12.3. The molecule has 1 aromatic heterocycles. The van der Waals surface area contributed by atoms with E-state index in [9.17, 15) is 4.79 Å². The fourth-order valence-electron chi connectivity index (χ4n) is 2.77. The van der Waals surface area contributed by atoms with E-state index in [2.05, 4.69) is 20.8 Å². The third-order valence-electron chi connectivity index (χ3n) is 3.93. The number of hydrogen-bond acceptors (Lipinski definition) is 2. The Morgan fingerprint density at radius 3 is 2.91 bits per heavy atom. The first-order valence-corrected chi connectivity index (χ1v) is 7.96. The molecule has 0 bridgehead atoms. The van der Waals surface area contributed by atoms with Crippen LogP contribution >= 0.6 is 11.6 Å². The van der Waals surface area contributed by atoms with E-state index in [0.717, 1.165) is 18.5 Å². The van der Waals surface area contributed by atoms with Crippen LogP contribution in [-0.2, 0) is 19.4 Å². The van der Waals surface area contributed by atoms with Crippen molar-refractivity contribution in [1.29, 1.82) is 0 Å². The number of anilines is 1. The summed E-state index contributed by atoms with van der Waals surface area (Å²) in [7, 11) is 0. The van der Waals surface area contributed by atoms with Crippen molar-refractivity contribution < 1.29 is 4.79 Å². The predicted octanol–water partition coefficient (Wildman–Crippen LogP) is 3.65. The number of carbonyl (C=O) groups excluding carboxylic acids is 1. The van der Waals surface area contributed by atoms with Crippen LogP contribution in [0.2, 0.25) is 5.02 Å². The molecule has 0 radical (unpaired) electrons. The van der Waals surface area contributed by atoms with Crippen molar-refractivity contribution in [3.05, 3.63) is 46.2 Å². The first-order chi connectivity index (χ1) is 10.7. The van der Waals surface area contributed by atoms with Gasteiger partial charge in [-0.2, -0.15) is 5.10 Å². The van der Waals surface area contributed by atoms with Crippen LogP contribution in [0.3, 0.4) is 0 Å². The second kappa shape index (κ2) is 6.83. The number of benzene rings is 1. The highest BCUT2D eigenvalue weighted by Gasteiger charge is 2.16. The zero-order chi connectivity index (χ0) is 15.4. The summed E-state index contributed by atoms with van der Waals surface area (Å²) in [5.41, 5.74) is 4.03. The van der Waals surface area contributed by atoms with Crippen LogP contribution in [0.25, 0.3) is 0 Å². The number of aryl methyl sites for hydroxylation is 1. The Balaban J connectivity index is 1.60. The number of nitrogens with zero attached hydrogens (tertiary/aromatic N) is 1. The van der Waals surface area contributed by atoms with E-state index in [1.54, 1.807) is 12.1 Å². The number of urea groups is 1. The molecule has 0 atom stereocenters. The number of H-pyrrole nitrogens is 1. The molecule has 6 heteroatoms. The number of aromatic amines is 1. The molecule has 1 aliphatic rings. The molecule has 0 aliphatic heterocycles. The molecule has 3 rings (SSSR count). The number of nitrogens with one attached hydrogen (secondary N) is 3. The van der Waals surface area contributed by atoms with Gasteiger partial charge < -0.3 is 10.6 Å². The largest absolute Gasteiger partial charge is 0.332 e. The monoisotopic (exact) mass is 318 g/mol. The van der Waals surface area contributed by atoms with Gasteiger partial charge >= 0.3 is 6.03 Å². The summed E-state index contributed by atoms with van der Waals surface area (Å²) >= 11 is 6.02. The lowest BCUT2D eigenvalue weighted by atomic mass is 10.1. The van der Waals surface area contributed by atoms with Gasteiger partial charge in [-0.05, 0) is 43.4 Å². The number of carbonyl (C=O) groups is 1. The van der Waals surface area contributed by atoms with Gasteiger partial charge in [-0.3, -0.25) is 5.10 Å². The highest BCUT2D eigenvalue weighted by Crippen LogP contribution is 2.22.